The van der Waals surface area contributed by atoms with Gasteiger partial charge in [0.1, 0.15) is 29.0 Å². The van der Waals surface area contributed by atoms with Crippen LogP contribution in [0.3, 0.4) is 0 Å². The second kappa shape index (κ2) is 34.9. The Morgan fingerprint density at radius 1 is 0.750 bits per heavy atom. The molecule has 1 aromatic heterocycles. The van der Waals surface area contributed by atoms with Crippen LogP contribution in [0.5, 0.6) is 0 Å². The van der Waals surface area contributed by atoms with Crippen LogP contribution in [0.25, 0.3) is 11.1 Å². The Morgan fingerprint density at radius 3 is 1.99 bits per heavy atom. The van der Waals surface area contributed by atoms with E-state index in [0.29, 0.717) is 30.8 Å². The van der Waals surface area contributed by atoms with Gasteiger partial charge in [-0.3, -0.25) is 28.8 Å². The first-order valence-electron chi connectivity index (χ1n) is 24.7. The summed E-state index contributed by atoms with van der Waals surface area (Å²) in [4.78, 5) is 87.2. The zero-order valence-corrected chi connectivity index (χ0v) is 44.8. The lowest BCUT2D eigenvalue weighted by Crippen LogP contribution is -2.45. The van der Waals surface area contributed by atoms with Crippen LogP contribution in [0.4, 0.5) is 8.78 Å². The van der Waals surface area contributed by atoms with Crippen molar-refractivity contribution in [1.82, 2.24) is 25.4 Å². The molecule has 3 aromatic rings. The van der Waals surface area contributed by atoms with E-state index in [1.807, 2.05) is 55.7 Å². The van der Waals surface area contributed by atoms with Crippen molar-refractivity contribution in [3.05, 3.63) is 83.7 Å². The fourth-order valence-electron chi connectivity index (χ4n) is 7.40. The molecule has 76 heavy (non-hydrogen) atoms. The summed E-state index contributed by atoms with van der Waals surface area (Å²) in [5.41, 5.74) is 12.9. The number of thioether (sulfide) groups is 2. The van der Waals surface area contributed by atoms with Crippen LogP contribution in [-0.4, -0.2) is 180 Å². The molecular formula is C51H73F2N7O14S2. The van der Waals surface area contributed by atoms with Crippen molar-refractivity contribution in [1.29, 1.82) is 0 Å². The van der Waals surface area contributed by atoms with Crippen LogP contribution in [0.2, 0.25) is 0 Å². The molecule has 2 aromatic carbocycles. The molecule has 422 valence electrons. The van der Waals surface area contributed by atoms with Gasteiger partial charge < -0.3 is 71.2 Å². The van der Waals surface area contributed by atoms with Crippen LogP contribution >= 0.6 is 23.5 Å². The van der Waals surface area contributed by atoms with Gasteiger partial charge in [0.25, 0.3) is 0 Å². The quantitative estimate of drug-likeness (QED) is 0.0381. The third-order valence-corrected chi connectivity index (χ3v) is 13.5. The highest BCUT2D eigenvalue weighted by Crippen LogP contribution is 2.41. The van der Waals surface area contributed by atoms with Crippen LogP contribution in [0, 0.1) is 17.0 Å². The predicted molar refractivity (Wildman–Crippen MR) is 282 cm³/mol. The molecule has 0 fully saturated rings. The monoisotopic (exact) mass is 1110 g/mol. The van der Waals surface area contributed by atoms with E-state index in [9.17, 15) is 48.2 Å². The lowest BCUT2D eigenvalue weighted by Gasteiger charge is -2.41. The molecule has 21 nitrogen and oxygen atoms in total. The van der Waals surface area contributed by atoms with Gasteiger partial charge in [0.05, 0.1) is 64.6 Å². The van der Waals surface area contributed by atoms with Gasteiger partial charge in [0.15, 0.2) is 0 Å². The summed E-state index contributed by atoms with van der Waals surface area (Å²) in [7, 11) is 0. The van der Waals surface area contributed by atoms with Gasteiger partial charge in [-0.05, 0) is 48.2 Å². The summed E-state index contributed by atoms with van der Waals surface area (Å²) in [6, 6.07) is 11.5. The maximum Gasteiger partial charge on any atom is 0.327 e. The molecule has 0 spiro atoms. The molecule has 0 saturated carbocycles. The van der Waals surface area contributed by atoms with E-state index >= 15 is 4.39 Å². The van der Waals surface area contributed by atoms with Crippen molar-refractivity contribution in [2.75, 3.05) is 96.3 Å². The Labute approximate surface area is 449 Å². The molecule has 0 aliphatic rings. The molecule has 1 heterocycles. The summed E-state index contributed by atoms with van der Waals surface area (Å²) < 4.78 is 53.3. The first-order valence-corrected chi connectivity index (χ1v) is 26.9. The number of aromatic nitrogens is 1. The maximum atomic E-state index is 15.2. The molecule has 0 radical (unpaired) electrons. The molecule has 1 unspecified atom stereocenters. The van der Waals surface area contributed by atoms with E-state index in [1.54, 1.807) is 17.2 Å². The molecule has 0 aliphatic heterocycles. The van der Waals surface area contributed by atoms with E-state index in [-0.39, 0.29) is 120 Å². The van der Waals surface area contributed by atoms with E-state index < -0.39 is 76.6 Å². The lowest BCUT2D eigenvalue weighted by atomic mass is 9.83. The second-order valence-corrected chi connectivity index (χ2v) is 20.6. The van der Waals surface area contributed by atoms with Crippen molar-refractivity contribution in [3.8, 4) is 11.1 Å². The van der Waals surface area contributed by atoms with Crippen molar-refractivity contribution in [2.24, 2.45) is 16.9 Å². The zero-order chi connectivity index (χ0) is 56.0. The van der Waals surface area contributed by atoms with Gasteiger partial charge in [-0.25, -0.2) is 13.6 Å². The summed E-state index contributed by atoms with van der Waals surface area (Å²) in [6.45, 7) is 8.71. The van der Waals surface area contributed by atoms with Gasteiger partial charge in [-0.2, -0.15) is 0 Å². The number of hydrogen-bond acceptors (Lipinski definition) is 15. The molecule has 25 heteroatoms. The number of carbonyl (C=O) groups is 7. The predicted octanol–water partition coefficient (Wildman–Crippen LogP) is 3.12. The first kappa shape index (κ1) is 64.6. The molecule has 0 bridgehead atoms. The Balaban J connectivity index is 1.33. The van der Waals surface area contributed by atoms with E-state index in [4.69, 9.17) is 35.5 Å². The Morgan fingerprint density at radius 2 is 1.38 bits per heavy atom. The van der Waals surface area contributed by atoms with Crippen LogP contribution in [0.15, 0.2) is 60.8 Å². The number of hydrogen-bond donors (Lipinski definition) is 8. The van der Waals surface area contributed by atoms with Gasteiger partial charge in [0.2, 0.25) is 23.6 Å². The first-order chi connectivity index (χ1) is 36.2. The topological polar surface area (TPSA) is 313 Å². The Bertz CT molecular complexity index is 2310. The minimum atomic E-state index is -1.29. The molecule has 0 aliphatic carbocycles. The van der Waals surface area contributed by atoms with Gasteiger partial charge in [-0.15, -0.1) is 23.5 Å². The molecule has 4 atom stereocenters. The number of nitrogens with two attached hydrogens (primary N) is 2. The van der Waals surface area contributed by atoms with Crippen LogP contribution in [-0.2, 0) is 59.1 Å². The van der Waals surface area contributed by atoms with Crippen LogP contribution in [0.1, 0.15) is 63.8 Å². The molecule has 0 saturated heterocycles. The number of carboxylic acids is 3. The Kier molecular flexibility index (Phi) is 29.7. The fourth-order valence-corrected chi connectivity index (χ4v) is 9.32. The summed E-state index contributed by atoms with van der Waals surface area (Å²) >= 11 is 1.81. The van der Waals surface area contributed by atoms with Gasteiger partial charge in [-0.1, -0.05) is 51.1 Å². The molecule has 10 N–H and O–H groups in total. The number of halogens is 2. The smallest absolute Gasteiger partial charge is 0.327 e. The number of ether oxygens (including phenoxy) is 4. The largest absolute Gasteiger partial charge is 0.480 e. The fraction of sp³-hybridized carbons (Fsp3) is 0.549. The van der Waals surface area contributed by atoms with Gasteiger partial charge >= 0.3 is 17.9 Å². The Hall–Kier alpha value is -5.67. The van der Waals surface area contributed by atoms with E-state index in [1.165, 1.54) is 0 Å². The highest BCUT2D eigenvalue weighted by molar-refractivity contribution is 8.00. The number of benzene rings is 2. The number of carbonyl (C=O) groups excluding carboxylic acids is 4. The van der Waals surface area contributed by atoms with Crippen molar-refractivity contribution in [3.63, 3.8) is 0 Å². The number of carboxylic acid groups (broad SMARTS) is 3. The maximum absolute atomic E-state index is 15.2. The molecule has 4 amide bonds. The number of nitrogens with zero attached hydrogens (tertiary/aromatic N) is 2. The van der Waals surface area contributed by atoms with E-state index in [2.05, 4.69) is 16.0 Å². The molecule has 3 rings (SSSR count). The van der Waals surface area contributed by atoms with E-state index in [0.717, 1.165) is 47.3 Å². The molecular weight excluding hydrogens is 1040 g/mol. The SMILES string of the molecule is CC(C)(C)[C@H](c1cc(-c2cc(F)ccc2F)cn1Cc1ccccc1)N(CCCN)C(=O)CSC[C@H](NC(=O)CCOCCOCCOCCOCCNC(=O)CCNC(=O)CC(SC[C@H](N)C(=O)O)C(=O)O)C(=O)O. The standard InChI is InChI=1S/C51H73F2N7O14S2/c1-51(2,3)47(41-26-35(37-27-36(52)10-11-38(37)53)30-59(41)29-34-8-5-4-6-9-34)60(17-7-14-54)46(64)33-75-32-40(49(67)68)58-44(62)13-18-71-20-22-73-24-25-74-23-21-72-19-16-57-43(61)12-15-56-45(63)28-42(50(69)70)76-31-39(55)48(65)66/h4-6,8-11,26-27,30,39-40,42,47H,7,12-25,28-29,31-33,54-55H2,1-3H3,(H,56,63)(H,57,61)(H,58,62)(H,65,66)(H,67,68)(H,69,70)/t39-,40-,42?,47-/m0/s1. The second-order valence-electron chi connectivity index (χ2n) is 18.3. The normalized spacial score (nSPS) is 13.0. The van der Waals surface area contributed by atoms with Crippen molar-refractivity contribution >= 4 is 65.1 Å². The number of nitrogens with one attached hydrogen (secondary N) is 3. The highest BCUT2D eigenvalue weighted by Gasteiger charge is 2.37. The summed E-state index contributed by atoms with van der Waals surface area (Å²) in [5.74, 6) is -7.22. The minimum Gasteiger partial charge on any atom is -0.480 e. The van der Waals surface area contributed by atoms with Crippen molar-refractivity contribution < 1.29 is 76.6 Å². The highest BCUT2D eigenvalue weighted by atomic mass is 32.2. The minimum absolute atomic E-state index is 0.00520. The number of amides is 4. The summed E-state index contributed by atoms with van der Waals surface area (Å²) in [5, 5.41) is 34.5. The third kappa shape index (κ3) is 24.5. The number of aliphatic carboxylic acids is 3. The third-order valence-electron chi connectivity index (χ3n) is 11.1. The number of rotatable bonds is 39. The summed E-state index contributed by atoms with van der Waals surface area (Å²) in [6.07, 6.45) is 1.65. The van der Waals surface area contributed by atoms with Crippen LogP contribution < -0.4 is 27.4 Å². The average Bonchev–Trinajstić information content (AvgIpc) is 3.76. The lowest BCUT2D eigenvalue weighted by molar-refractivity contribution is -0.141. The van der Waals surface area contributed by atoms with Crippen molar-refractivity contribution in [2.45, 2.75) is 76.4 Å². The average molecular weight is 1110 g/mol. The van der Waals surface area contributed by atoms with Gasteiger partial charge in [0, 0.05) is 80.0 Å². The zero-order valence-electron chi connectivity index (χ0n) is 43.2.